The SMILES string of the molecule is Oc1ccc(Cl)c2ccc(C=Cc3ccccc3)nc12. The van der Waals surface area contributed by atoms with Gasteiger partial charge in [-0.1, -0.05) is 48.0 Å². The predicted molar refractivity (Wildman–Crippen MR) is 83.8 cm³/mol. The molecule has 20 heavy (non-hydrogen) atoms. The van der Waals surface area contributed by atoms with Crippen LogP contribution in [0.25, 0.3) is 23.1 Å². The number of pyridine rings is 1. The first-order valence-electron chi connectivity index (χ1n) is 6.25. The number of phenols is 1. The van der Waals surface area contributed by atoms with Crippen molar-refractivity contribution in [1.29, 1.82) is 0 Å². The fourth-order valence-corrected chi connectivity index (χ4v) is 2.24. The standard InChI is InChI=1S/C17H12ClNO/c18-15-10-11-16(20)17-14(15)9-8-13(19-17)7-6-12-4-2-1-3-5-12/h1-11,20H. The van der Waals surface area contributed by atoms with Crippen LogP contribution >= 0.6 is 11.6 Å². The first kappa shape index (κ1) is 12.7. The van der Waals surface area contributed by atoms with Gasteiger partial charge < -0.3 is 5.11 Å². The summed E-state index contributed by atoms with van der Waals surface area (Å²) in [4.78, 5) is 4.43. The minimum absolute atomic E-state index is 0.138. The predicted octanol–water partition coefficient (Wildman–Crippen LogP) is 4.76. The molecular weight excluding hydrogens is 270 g/mol. The van der Waals surface area contributed by atoms with Crippen LogP contribution in [0.5, 0.6) is 5.75 Å². The number of rotatable bonds is 2. The van der Waals surface area contributed by atoms with Crippen LogP contribution in [0.2, 0.25) is 5.02 Å². The van der Waals surface area contributed by atoms with E-state index in [2.05, 4.69) is 4.98 Å². The molecule has 98 valence electrons. The molecule has 0 unspecified atom stereocenters. The van der Waals surface area contributed by atoms with Crippen LogP contribution in [0, 0.1) is 0 Å². The Balaban J connectivity index is 2.01. The lowest BCUT2D eigenvalue weighted by atomic mass is 10.1. The van der Waals surface area contributed by atoms with Crippen LogP contribution in [-0.4, -0.2) is 10.1 Å². The summed E-state index contributed by atoms with van der Waals surface area (Å²) in [6, 6.07) is 17.0. The zero-order valence-electron chi connectivity index (χ0n) is 10.6. The van der Waals surface area contributed by atoms with Gasteiger partial charge in [-0.05, 0) is 35.9 Å². The van der Waals surface area contributed by atoms with E-state index in [4.69, 9.17) is 11.6 Å². The molecule has 0 saturated heterocycles. The van der Waals surface area contributed by atoms with Crippen molar-refractivity contribution in [1.82, 2.24) is 4.98 Å². The molecule has 3 aromatic rings. The molecule has 0 aliphatic heterocycles. The summed E-state index contributed by atoms with van der Waals surface area (Å²) < 4.78 is 0. The Bertz CT molecular complexity index is 782. The van der Waals surface area contributed by atoms with Gasteiger partial charge in [-0.2, -0.15) is 0 Å². The summed E-state index contributed by atoms with van der Waals surface area (Å²) in [5.74, 6) is 0.138. The van der Waals surface area contributed by atoms with Gasteiger partial charge in [0, 0.05) is 5.39 Å². The van der Waals surface area contributed by atoms with E-state index in [9.17, 15) is 5.11 Å². The number of benzene rings is 2. The molecule has 3 heteroatoms. The Labute approximate surface area is 122 Å². The molecule has 0 bridgehead atoms. The zero-order valence-corrected chi connectivity index (χ0v) is 11.4. The Morgan fingerprint density at radius 1 is 0.900 bits per heavy atom. The second-order valence-corrected chi connectivity index (χ2v) is 4.85. The van der Waals surface area contributed by atoms with Crippen molar-refractivity contribution in [2.45, 2.75) is 0 Å². The Kier molecular flexibility index (Phi) is 3.40. The maximum Gasteiger partial charge on any atom is 0.141 e. The first-order chi connectivity index (χ1) is 9.74. The molecule has 2 nitrogen and oxygen atoms in total. The van der Waals surface area contributed by atoms with E-state index in [1.165, 1.54) is 0 Å². The van der Waals surface area contributed by atoms with Gasteiger partial charge in [0.15, 0.2) is 0 Å². The highest BCUT2D eigenvalue weighted by Crippen LogP contribution is 2.29. The second-order valence-electron chi connectivity index (χ2n) is 4.44. The van der Waals surface area contributed by atoms with Crippen molar-refractivity contribution < 1.29 is 5.11 Å². The lowest BCUT2D eigenvalue weighted by molar-refractivity contribution is 0.480. The lowest BCUT2D eigenvalue weighted by Gasteiger charge is -2.03. The minimum Gasteiger partial charge on any atom is -0.506 e. The molecule has 0 fully saturated rings. The zero-order chi connectivity index (χ0) is 13.9. The van der Waals surface area contributed by atoms with E-state index in [-0.39, 0.29) is 5.75 Å². The number of halogens is 1. The molecule has 0 saturated carbocycles. The third-order valence-electron chi connectivity index (χ3n) is 3.05. The molecule has 0 atom stereocenters. The highest BCUT2D eigenvalue weighted by molar-refractivity contribution is 6.35. The van der Waals surface area contributed by atoms with Crippen LogP contribution in [0.3, 0.4) is 0 Å². The van der Waals surface area contributed by atoms with Crippen molar-refractivity contribution in [3.05, 3.63) is 70.9 Å². The summed E-state index contributed by atoms with van der Waals surface area (Å²) >= 11 is 6.09. The average molecular weight is 282 g/mol. The van der Waals surface area contributed by atoms with Gasteiger partial charge in [0.2, 0.25) is 0 Å². The van der Waals surface area contributed by atoms with Crippen LogP contribution in [0.15, 0.2) is 54.6 Å². The topological polar surface area (TPSA) is 33.1 Å². The molecule has 1 heterocycles. The molecule has 1 aromatic heterocycles. The molecular formula is C17H12ClNO. The Hall–Kier alpha value is -2.32. The molecule has 0 aliphatic carbocycles. The molecule has 1 N–H and O–H groups in total. The summed E-state index contributed by atoms with van der Waals surface area (Å²) in [7, 11) is 0. The lowest BCUT2D eigenvalue weighted by Crippen LogP contribution is -1.85. The van der Waals surface area contributed by atoms with Gasteiger partial charge >= 0.3 is 0 Å². The molecule has 2 aromatic carbocycles. The van der Waals surface area contributed by atoms with Gasteiger partial charge in [0.25, 0.3) is 0 Å². The van der Waals surface area contributed by atoms with Crippen molar-refractivity contribution in [3.63, 3.8) is 0 Å². The van der Waals surface area contributed by atoms with Gasteiger partial charge in [-0.3, -0.25) is 0 Å². The number of fused-ring (bicyclic) bond motifs is 1. The second kappa shape index (κ2) is 5.35. The Morgan fingerprint density at radius 2 is 1.70 bits per heavy atom. The monoisotopic (exact) mass is 281 g/mol. The molecule has 3 rings (SSSR count). The van der Waals surface area contributed by atoms with E-state index in [1.54, 1.807) is 12.1 Å². The minimum atomic E-state index is 0.138. The van der Waals surface area contributed by atoms with E-state index < -0.39 is 0 Å². The normalized spacial score (nSPS) is 11.2. The quantitative estimate of drug-likeness (QED) is 0.734. The van der Waals surface area contributed by atoms with E-state index in [0.29, 0.717) is 10.5 Å². The van der Waals surface area contributed by atoms with Gasteiger partial charge in [0.05, 0.1) is 10.7 Å². The van der Waals surface area contributed by atoms with Crippen molar-refractivity contribution in [3.8, 4) is 5.75 Å². The fourth-order valence-electron chi connectivity index (χ4n) is 2.02. The van der Waals surface area contributed by atoms with Crippen molar-refractivity contribution in [2.24, 2.45) is 0 Å². The summed E-state index contributed by atoms with van der Waals surface area (Å²) in [6.07, 6.45) is 3.89. The van der Waals surface area contributed by atoms with Gasteiger partial charge in [0.1, 0.15) is 11.3 Å². The maximum atomic E-state index is 9.86. The average Bonchev–Trinajstić information content (AvgIpc) is 2.50. The number of hydrogen-bond donors (Lipinski definition) is 1. The van der Waals surface area contributed by atoms with Crippen LogP contribution in [0.1, 0.15) is 11.3 Å². The third-order valence-corrected chi connectivity index (χ3v) is 3.38. The number of nitrogens with zero attached hydrogens (tertiary/aromatic N) is 1. The van der Waals surface area contributed by atoms with E-state index in [0.717, 1.165) is 16.6 Å². The molecule has 0 radical (unpaired) electrons. The van der Waals surface area contributed by atoms with Gasteiger partial charge in [-0.25, -0.2) is 4.98 Å². The summed E-state index contributed by atoms with van der Waals surface area (Å²) in [6.45, 7) is 0. The summed E-state index contributed by atoms with van der Waals surface area (Å²) in [5.41, 5.74) is 2.40. The number of aromatic hydroxyl groups is 1. The van der Waals surface area contributed by atoms with Gasteiger partial charge in [-0.15, -0.1) is 0 Å². The van der Waals surface area contributed by atoms with E-state index in [1.807, 2.05) is 54.6 Å². The molecule has 0 aliphatic rings. The number of phenolic OH excluding ortho intramolecular Hbond substituents is 1. The first-order valence-corrected chi connectivity index (χ1v) is 6.63. The summed E-state index contributed by atoms with van der Waals surface area (Å²) in [5, 5.41) is 11.2. The third kappa shape index (κ3) is 2.51. The fraction of sp³-hybridized carbons (Fsp3) is 0. The number of hydrogen-bond acceptors (Lipinski definition) is 2. The molecule has 0 amide bonds. The highest BCUT2D eigenvalue weighted by Gasteiger charge is 2.05. The van der Waals surface area contributed by atoms with Crippen LogP contribution < -0.4 is 0 Å². The van der Waals surface area contributed by atoms with E-state index >= 15 is 0 Å². The Morgan fingerprint density at radius 3 is 2.50 bits per heavy atom. The van der Waals surface area contributed by atoms with Crippen LogP contribution in [-0.2, 0) is 0 Å². The number of aromatic nitrogens is 1. The van der Waals surface area contributed by atoms with Crippen LogP contribution in [0.4, 0.5) is 0 Å². The largest absolute Gasteiger partial charge is 0.506 e. The molecule has 0 spiro atoms. The smallest absolute Gasteiger partial charge is 0.141 e. The van der Waals surface area contributed by atoms with Crippen molar-refractivity contribution in [2.75, 3.05) is 0 Å². The maximum absolute atomic E-state index is 9.86. The highest BCUT2D eigenvalue weighted by atomic mass is 35.5. The van der Waals surface area contributed by atoms with Crippen molar-refractivity contribution >= 4 is 34.7 Å².